The molecule has 1 aliphatic heterocycles. The Kier molecular flexibility index (Phi) is 4.59. The molecular weight excluding hydrogens is 260 g/mol. The van der Waals surface area contributed by atoms with Gasteiger partial charge in [0.15, 0.2) is 0 Å². The Morgan fingerprint density at radius 1 is 1.19 bits per heavy atom. The molecule has 2 fully saturated rings. The molecule has 1 aromatic carbocycles. The van der Waals surface area contributed by atoms with Crippen molar-refractivity contribution in [3.63, 3.8) is 0 Å². The van der Waals surface area contributed by atoms with Crippen molar-refractivity contribution < 1.29 is 4.79 Å². The van der Waals surface area contributed by atoms with Gasteiger partial charge in [-0.1, -0.05) is 29.8 Å². The first kappa shape index (κ1) is 14.6. The van der Waals surface area contributed by atoms with Gasteiger partial charge in [-0.3, -0.25) is 4.79 Å². The first-order valence-electron chi connectivity index (χ1n) is 8.32. The second-order valence-corrected chi connectivity index (χ2v) is 6.55. The Bertz CT molecular complexity index is 472. The van der Waals surface area contributed by atoms with Gasteiger partial charge in [-0.25, -0.2) is 0 Å². The second kappa shape index (κ2) is 6.61. The fraction of sp³-hybridized carbons (Fsp3) is 0.611. The smallest absolute Gasteiger partial charge is 0.236 e. The van der Waals surface area contributed by atoms with Crippen LogP contribution in [-0.2, 0) is 4.79 Å². The monoisotopic (exact) mass is 286 g/mol. The number of nitrogens with zero attached hydrogens (tertiary/aromatic N) is 1. The molecule has 1 N–H and O–H groups in total. The zero-order chi connectivity index (χ0) is 14.7. The highest BCUT2D eigenvalue weighted by molar-refractivity contribution is 5.78. The number of piperidine rings is 1. The average Bonchev–Trinajstić information content (AvgIpc) is 3.35. The molecule has 3 rings (SSSR count). The number of rotatable bonds is 5. The molecule has 1 unspecified atom stereocenters. The number of likely N-dealkylation sites (tertiary alicyclic amines) is 1. The first-order chi connectivity index (χ1) is 10.2. The minimum Gasteiger partial charge on any atom is -0.342 e. The molecular formula is C18H26N2O. The van der Waals surface area contributed by atoms with Gasteiger partial charge in [0.1, 0.15) is 0 Å². The summed E-state index contributed by atoms with van der Waals surface area (Å²) in [6.45, 7) is 4.48. The highest BCUT2D eigenvalue weighted by Gasteiger charge is 2.32. The van der Waals surface area contributed by atoms with Crippen molar-refractivity contribution in [1.82, 2.24) is 10.2 Å². The predicted molar refractivity (Wildman–Crippen MR) is 85.1 cm³/mol. The summed E-state index contributed by atoms with van der Waals surface area (Å²) < 4.78 is 0. The molecule has 0 aromatic heterocycles. The van der Waals surface area contributed by atoms with E-state index in [0.29, 0.717) is 18.5 Å². The van der Waals surface area contributed by atoms with E-state index in [9.17, 15) is 4.79 Å². The molecule has 1 saturated carbocycles. The maximum atomic E-state index is 12.3. The van der Waals surface area contributed by atoms with Gasteiger partial charge in [-0.15, -0.1) is 0 Å². The van der Waals surface area contributed by atoms with Gasteiger partial charge in [-0.05, 0) is 50.5 Å². The van der Waals surface area contributed by atoms with Crippen molar-refractivity contribution in [2.24, 2.45) is 5.92 Å². The predicted octanol–water partition coefficient (Wildman–Crippen LogP) is 3.05. The van der Waals surface area contributed by atoms with Gasteiger partial charge in [-0.2, -0.15) is 0 Å². The highest BCUT2D eigenvalue weighted by Crippen LogP contribution is 2.40. The van der Waals surface area contributed by atoms with Crippen molar-refractivity contribution in [3.8, 4) is 0 Å². The molecule has 3 nitrogen and oxygen atoms in total. The van der Waals surface area contributed by atoms with Gasteiger partial charge in [0.05, 0.1) is 6.54 Å². The summed E-state index contributed by atoms with van der Waals surface area (Å²) in [6, 6.07) is 9.09. The van der Waals surface area contributed by atoms with E-state index in [4.69, 9.17) is 0 Å². The quantitative estimate of drug-likeness (QED) is 0.902. The number of carbonyl (C=O) groups excluding carboxylic acids is 1. The van der Waals surface area contributed by atoms with Gasteiger partial charge < -0.3 is 10.2 Å². The number of amides is 1. The van der Waals surface area contributed by atoms with Gasteiger partial charge in [0.2, 0.25) is 5.91 Å². The van der Waals surface area contributed by atoms with Crippen LogP contribution >= 0.6 is 0 Å². The van der Waals surface area contributed by atoms with Crippen LogP contribution in [0.5, 0.6) is 0 Å². The number of aryl methyl sites for hydroxylation is 1. The van der Waals surface area contributed by atoms with Crippen LogP contribution in [0.2, 0.25) is 0 Å². The van der Waals surface area contributed by atoms with Crippen molar-refractivity contribution in [2.45, 2.75) is 45.1 Å². The summed E-state index contributed by atoms with van der Waals surface area (Å²) in [5.74, 6) is 0.981. The van der Waals surface area contributed by atoms with E-state index in [0.717, 1.165) is 25.9 Å². The molecule has 1 atom stereocenters. The molecule has 2 aliphatic rings. The molecule has 0 spiro atoms. The summed E-state index contributed by atoms with van der Waals surface area (Å²) in [6.07, 6.45) is 6.16. The van der Waals surface area contributed by atoms with E-state index in [2.05, 4.69) is 36.5 Å². The van der Waals surface area contributed by atoms with Crippen molar-refractivity contribution in [2.75, 3.05) is 19.6 Å². The van der Waals surface area contributed by atoms with Crippen LogP contribution in [0.4, 0.5) is 0 Å². The molecule has 1 aromatic rings. The van der Waals surface area contributed by atoms with Crippen LogP contribution in [0.3, 0.4) is 0 Å². The summed E-state index contributed by atoms with van der Waals surface area (Å²) in [7, 11) is 0. The zero-order valence-corrected chi connectivity index (χ0v) is 13.0. The molecule has 0 bridgehead atoms. The van der Waals surface area contributed by atoms with Crippen LogP contribution in [0.25, 0.3) is 0 Å². The first-order valence-corrected chi connectivity index (χ1v) is 8.32. The summed E-state index contributed by atoms with van der Waals surface area (Å²) in [4.78, 5) is 14.3. The summed E-state index contributed by atoms with van der Waals surface area (Å²) in [5, 5.41) is 3.52. The lowest BCUT2D eigenvalue weighted by Gasteiger charge is -2.28. The molecule has 1 heterocycles. The average molecular weight is 286 g/mol. The third kappa shape index (κ3) is 3.85. The van der Waals surface area contributed by atoms with Crippen LogP contribution in [0.15, 0.2) is 24.3 Å². The number of hydrogen-bond acceptors (Lipinski definition) is 2. The Hall–Kier alpha value is -1.35. The van der Waals surface area contributed by atoms with Crippen LogP contribution in [0, 0.1) is 12.8 Å². The van der Waals surface area contributed by atoms with Crippen molar-refractivity contribution >= 4 is 5.91 Å². The minimum atomic E-state index is 0.271. The van der Waals surface area contributed by atoms with Crippen LogP contribution in [-0.4, -0.2) is 30.4 Å². The third-order valence-corrected chi connectivity index (χ3v) is 4.71. The van der Waals surface area contributed by atoms with Crippen LogP contribution < -0.4 is 5.32 Å². The number of benzene rings is 1. The number of hydrogen-bond donors (Lipinski definition) is 1. The van der Waals surface area contributed by atoms with E-state index in [1.165, 1.54) is 30.4 Å². The lowest BCUT2D eigenvalue weighted by Crippen LogP contribution is -2.42. The highest BCUT2D eigenvalue weighted by atomic mass is 16.2. The molecule has 3 heteroatoms. The molecule has 1 amide bonds. The van der Waals surface area contributed by atoms with Crippen molar-refractivity contribution in [1.29, 1.82) is 0 Å². The Labute approximate surface area is 127 Å². The van der Waals surface area contributed by atoms with Gasteiger partial charge >= 0.3 is 0 Å². The van der Waals surface area contributed by atoms with Crippen LogP contribution in [0.1, 0.15) is 49.3 Å². The molecule has 0 radical (unpaired) electrons. The summed E-state index contributed by atoms with van der Waals surface area (Å²) in [5.41, 5.74) is 2.62. The van der Waals surface area contributed by atoms with E-state index in [-0.39, 0.29) is 5.91 Å². The zero-order valence-electron chi connectivity index (χ0n) is 13.0. The van der Waals surface area contributed by atoms with Gasteiger partial charge in [0.25, 0.3) is 0 Å². The Morgan fingerprint density at radius 3 is 2.48 bits per heavy atom. The second-order valence-electron chi connectivity index (χ2n) is 6.55. The lowest BCUT2D eigenvalue weighted by atomic mass is 10.0. The number of nitrogens with one attached hydrogen (secondary N) is 1. The summed E-state index contributed by atoms with van der Waals surface area (Å²) >= 11 is 0. The molecule has 1 aliphatic carbocycles. The SMILES string of the molecule is Cc1ccc(C(NCC(=O)N2CCCCC2)C2CC2)cc1. The normalized spacial score (nSPS) is 20.3. The molecule has 1 saturated heterocycles. The van der Waals surface area contributed by atoms with Gasteiger partial charge in [0, 0.05) is 19.1 Å². The maximum absolute atomic E-state index is 12.3. The fourth-order valence-electron chi connectivity index (χ4n) is 3.21. The molecule has 21 heavy (non-hydrogen) atoms. The lowest BCUT2D eigenvalue weighted by molar-refractivity contribution is -0.131. The van der Waals surface area contributed by atoms with E-state index in [1.54, 1.807) is 0 Å². The number of carbonyl (C=O) groups is 1. The fourth-order valence-corrected chi connectivity index (χ4v) is 3.21. The topological polar surface area (TPSA) is 32.3 Å². The van der Waals surface area contributed by atoms with Crippen molar-refractivity contribution in [3.05, 3.63) is 35.4 Å². The van der Waals surface area contributed by atoms with E-state index >= 15 is 0 Å². The Morgan fingerprint density at radius 2 is 1.86 bits per heavy atom. The largest absolute Gasteiger partial charge is 0.342 e. The Balaban J connectivity index is 1.58. The maximum Gasteiger partial charge on any atom is 0.236 e. The van der Waals surface area contributed by atoms with E-state index < -0.39 is 0 Å². The minimum absolute atomic E-state index is 0.271. The van der Waals surface area contributed by atoms with E-state index in [1.807, 2.05) is 4.90 Å². The molecule has 114 valence electrons. The standard InChI is InChI=1S/C18H26N2O/c1-14-5-7-15(8-6-14)18(16-9-10-16)19-13-17(21)20-11-3-2-4-12-20/h5-8,16,18-19H,2-4,9-13H2,1H3. The third-order valence-electron chi connectivity index (χ3n) is 4.71.